The lowest BCUT2D eigenvalue weighted by Gasteiger charge is -2.13. The Kier molecular flexibility index (Phi) is 4.55. The fourth-order valence-electron chi connectivity index (χ4n) is 2.79. The molecule has 3 heterocycles. The summed E-state index contributed by atoms with van der Waals surface area (Å²) in [6.07, 6.45) is 7.06. The molecule has 0 unspecified atom stereocenters. The third-order valence-electron chi connectivity index (χ3n) is 4.14. The third-order valence-corrected chi connectivity index (χ3v) is 4.14. The van der Waals surface area contributed by atoms with E-state index in [9.17, 15) is 4.79 Å². The lowest BCUT2D eigenvalue weighted by molar-refractivity contribution is -0.113. The van der Waals surface area contributed by atoms with Crippen LogP contribution in [0.2, 0.25) is 0 Å². The molecule has 0 saturated carbocycles. The molecule has 6 heteroatoms. The molecule has 2 aromatic heterocycles. The predicted molar refractivity (Wildman–Crippen MR) is 97.9 cm³/mol. The van der Waals surface area contributed by atoms with Crippen molar-refractivity contribution in [2.75, 3.05) is 11.9 Å². The van der Waals surface area contributed by atoms with Crippen molar-refractivity contribution in [2.45, 2.75) is 19.4 Å². The Morgan fingerprint density at radius 1 is 1.23 bits per heavy atom. The number of pyridine rings is 1. The van der Waals surface area contributed by atoms with Crippen LogP contribution in [0.1, 0.15) is 18.5 Å². The molecular weight excluding hydrogens is 330 g/mol. The maximum Gasteiger partial charge on any atom is 0.254 e. The molecule has 3 aromatic rings. The van der Waals surface area contributed by atoms with Crippen molar-refractivity contribution in [3.63, 3.8) is 0 Å². The first kappa shape index (κ1) is 16.2. The Labute approximate surface area is 151 Å². The van der Waals surface area contributed by atoms with Gasteiger partial charge >= 0.3 is 0 Å². The molecule has 0 saturated heterocycles. The fraction of sp³-hybridized carbons (Fsp3) is 0.200. The Bertz CT molecular complexity index is 911. The standard InChI is InChI=1S/C20H19N3O3/c24-20(15-4-3-11-25-13-15)22-16-6-8-18(9-7-16)26-14-17-12-23-10-2-1-5-19(23)21-17/h1-2,5-10,12-13H,3-4,11,14H2,(H,22,24). The molecule has 4 rings (SSSR count). The summed E-state index contributed by atoms with van der Waals surface area (Å²) in [5.74, 6) is 0.600. The Morgan fingerprint density at radius 2 is 2.12 bits per heavy atom. The van der Waals surface area contributed by atoms with Crippen molar-refractivity contribution in [2.24, 2.45) is 0 Å². The van der Waals surface area contributed by atoms with Crippen LogP contribution in [-0.4, -0.2) is 21.9 Å². The van der Waals surface area contributed by atoms with Gasteiger partial charge in [-0.1, -0.05) is 6.07 Å². The second-order valence-electron chi connectivity index (χ2n) is 6.08. The van der Waals surface area contributed by atoms with Crippen LogP contribution in [-0.2, 0) is 16.1 Å². The molecule has 0 aliphatic carbocycles. The van der Waals surface area contributed by atoms with E-state index in [2.05, 4.69) is 10.3 Å². The predicted octanol–water partition coefficient (Wildman–Crippen LogP) is 3.55. The highest BCUT2D eigenvalue weighted by atomic mass is 16.5. The maximum absolute atomic E-state index is 12.1. The van der Waals surface area contributed by atoms with E-state index >= 15 is 0 Å². The zero-order valence-corrected chi connectivity index (χ0v) is 14.2. The summed E-state index contributed by atoms with van der Waals surface area (Å²) in [7, 11) is 0. The second-order valence-corrected chi connectivity index (χ2v) is 6.08. The van der Waals surface area contributed by atoms with Crippen molar-refractivity contribution < 1.29 is 14.3 Å². The molecule has 0 radical (unpaired) electrons. The number of nitrogens with one attached hydrogen (secondary N) is 1. The minimum atomic E-state index is -0.122. The number of anilines is 1. The number of carbonyl (C=O) groups excluding carboxylic acids is 1. The van der Waals surface area contributed by atoms with Crippen molar-refractivity contribution in [1.29, 1.82) is 0 Å². The van der Waals surface area contributed by atoms with Gasteiger partial charge < -0.3 is 19.2 Å². The number of hydrogen-bond acceptors (Lipinski definition) is 4. The Morgan fingerprint density at radius 3 is 2.88 bits per heavy atom. The van der Waals surface area contributed by atoms with E-state index in [4.69, 9.17) is 9.47 Å². The molecular formula is C20H19N3O3. The molecule has 0 fully saturated rings. The molecule has 0 bridgehead atoms. The van der Waals surface area contributed by atoms with Crippen LogP contribution in [0.4, 0.5) is 5.69 Å². The number of ether oxygens (including phenoxy) is 2. The number of fused-ring (bicyclic) bond motifs is 1. The van der Waals surface area contributed by atoms with Gasteiger partial charge in [-0.25, -0.2) is 4.98 Å². The highest BCUT2D eigenvalue weighted by Crippen LogP contribution is 2.19. The van der Waals surface area contributed by atoms with Crippen LogP contribution < -0.4 is 10.1 Å². The summed E-state index contributed by atoms with van der Waals surface area (Å²) in [4.78, 5) is 16.6. The number of imidazole rings is 1. The molecule has 1 amide bonds. The monoisotopic (exact) mass is 349 g/mol. The van der Waals surface area contributed by atoms with E-state index < -0.39 is 0 Å². The topological polar surface area (TPSA) is 64.9 Å². The molecule has 1 N–H and O–H groups in total. The van der Waals surface area contributed by atoms with E-state index in [-0.39, 0.29) is 5.91 Å². The number of hydrogen-bond donors (Lipinski definition) is 1. The minimum absolute atomic E-state index is 0.122. The SMILES string of the molecule is O=C(Nc1ccc(OCc2cn3ccccc3n2)cc1)C1=COCCC1. The van der Waals surface area contributed by atoms with Crippen molar-refractivity contribution in [1.82, 2.24) is 9.38 Å². The zero-order valence-electron chi connectivity index (χ0n) is 14.2. The fourth-order valence-corrected chi connectivity index (χ4v) is 2.79. The van der Waals surface area contributed by atoms with E-state index in [0.717, 1.165) is 35.6 Å². The molecule has 0 atom stereocenters. The van der Waals surface area contributed by atoms with Crippen LogP contribution in [0.3, 0.4) is 0 Å². The van der Waals surface area contributed by atoms with Gasteiger partial charge in [0.25, 0.3) is 5.91 Å². The van der Waals surface area contributed by atoms with Crippen LogP contribution in [0.5, 0.6) is 5.75 Å². The third kappa shape index (κ3) is 3.69. The van der Waals surface area contributed by atoms with Gasteiger partial charge in [0.2, 0.25) is 0 Å². The first-order valence-corrected chi connectivity index (χ1v) is 8.55. The average Bonchev–Trinajstić information content (AvgIpc) is 3.11. The molecule has 132 valence electrons. The summed E-state index contributed by atoms with van der Waals surface area (Å²) in [5.41, 5.74) is 3.15. The molecule has 1 aliphatic heterocycles. The smallest absolute Gasteiger partial charge is 0.254 e. The van der Waals surface area contributed by atoms with E-state index in [1.54, 1.807) is 6.26 Å². The summed E-state index contributed by atoms with van der Waals surface area (Å²) in [6.45, 7) is 1.06. The number of aromatic nitrogens is 2. The van der Waals surface area contributed by atoms with Crippen LogP contribution in [0.25, 0.3) is 5.65 Å². The number of amides is 1. The van der Waals surface area contributed by atoms with Gasteiger partial charge in [-0.15, -0.1) is 0 Å². The molecule has 1 aromatic carbocycles. The van der Waals surface area contributed by atoms with Gasteiger partial charge in [0.15, 0.2) is 0 Å². The molecule has 1 aliphatic rings. The number of rotatable bonds is 5. The number of nitrogens with zero attached hydrogens (tertiary/aromatic N) is 2. The van der Waals surface area contributed by atoms with Crippen LogP contribution in [0.15, 0.2) is 66.7 Å². The van der Waals surface area contributed by atoms with Gasteiger partial charge in [-0.05, 0) is 49.2 Å². The van der Waals surface area contributed by atoms with Gasteiger partial charge in [0.05, 0.1) is 24.1 Å². The molecule has 0 spiro atoms. The van der Waals surface area contributed by atoms with E-state index in [1.165, 1.54) is 0 Å². The summed E-state index contributed by atoms with van der Waals surface area (Å²) in [6, 6.07) is 13.2. The van der Waals surface area contributed by atoms with Gasteiger partial charge in [0, 0.05) is 18.1 Å². The second kappa shape index (κ2) is 7.31. The average molecular weight is 349 g/mol. The Hall–Kier alpha value is -3.28. The van der Waals surface area contributed by atoms with Crippen LogP contribution >= 0.6 is 0 Å². The highest BCUT2D eigenvalue weighted by Gasteiger charge is 2.13. The minimum Gasteiger partial charge on any atom is -0.501 e. The number of benzene rings is 1. The largest absolute Gasteiger partial charge is 0.501 e. The van der Waals surface area contributed by atoms with Crippen molar-refractivity contribution >= 4 is 17.2 Å². The molecule has 26 heavy (non-hydrogen) atoms. The lowest BCUT2D eigenvalue weighted by atomic mass is 10.1. The van der Waals surface area contributed by atoms with E-state index in [1.807, 2.05) is 59.3 Å². The summed E-state index contributed by atoms with van der Waals surface area (Å²) < 4.78 is 12.9. The van der Waals surface area contributed by atoms with Crippen molar-refractivity contribution in [3.8, 4) is 5.75 Å². The maximum atomic E-state index is 12.1. The summed E-state index contributed by atoms with van der Waals surface area (Å²) in [5, 5.41) is 2.87. The first-order chi connectivity index (χ1) is 12.8. The zero-order chi connectivity index (χ0) is 17.8. The normalized spacial score (nSPS) is 13.8. The van der Waals surface area contributed by atoms with Gasteiger partial charge in [-0.2, -0.15) is 0 Å². The lowest BCUT2D eigenvalue weighted by Crippen LogP contribution is -2.17. The number of carbonyl (C=O) groups is 1. The quantitative estimate of drug-likeness (QED) is 0.765. The summed E-state index contributed by atoms with van der Waals surface area (Å²) >= 11 is 0. The van der Waals surface area contributed by atoms with Crippen molar-refractivity contribution in [3.05, 3.63) is 72.4 Å². The van der Waals surface area contributed by atoms with Gasteiger partial charge in [0.1, 0.15) is 18.0 Å². The van der Waals surface area contributed by atoms with Gasteiger partial charge in [-0.3, -0.25) is 4.79 Å². The first-order valence-electron chi connectivity index (χ1n) is 8.55. The molecule has 6 nitrogen and oxygen atoms in total. The van der Waals surface area contributed by atoms with Crippen LogP contribution in [0, 0.1) is 0 Å². The van der Waals surface area contributed by atoms with E-state index in [0.29, 0.717) is 18.8 Å². The highest BCUT2D eigenvalue weighted by molar-refractivity contribution is 6.03. The Balaban J connectivity index is 1.35.